The molecule has 0 atom stereocenters. The van der Waals surface area contributed by atoms with E-state index in [1.807, 2.05) is 103 Å². The zero-order valence-corrected chi connectivity index (χ0v) is 21.9. The van der Waals surface area contributed by atoms with Crippen LogP contribution in [-0.4, -0.2) is 25.2 Å². The summed E-state index contributed by atoms with van der Waals surface area (Å²) in [5.74, 6) is -0.971. The minimum atomic E-state index is -0.621. The molecule has 0 spiro atoms. The smallest absolute Gasteiger partial charge is 0.271 e. The zero-order valence-electron chi connectivity index (χ0n) is 21.9. The van der Waals surface area contributed by atoms with Crippen molar-refractivity contribution >= 4 is 11.9 Å². The van der Waals surface area contributed by atoms with Crippen LogP contribution in [0.2, 0.25) is 0 Å². The van der Waals surface area contributed by atoms with E-state index in [2.05, 4.69) is 0 Å². The molecule has 0 saturated carbocycles. The van der Waals surface area contributed by atoms with E-state index in [1.165, 1.54) is 13.0 Å². The Morgan fingerprint density at radius 2 is 1.60 bits per heavy atom. The Balaban J connectivity index is 1.53. The lowest BCUT2D eigenvalue weighted by molar-refractivity contribution is 0.104. The van der Waals surface area contributed by atoms with Crippen LogP contribution in [-0.2, 0) is 13.0 Å². The molecule has 0 fully saturated rings. The van der Waals surface area contributed by atoms with Gasteiger partial charge in [-0.3, -0.25) is 14.2 Å². The monoisotopic (exact) mass is 526 g/mol. The average Bonchev–Trinajstić information content (AvgIpc) is 3.42. The first kappa shape index (κ1) is 26.1. The molecule has 2 aromatic heterocycles. The molecular weight excluding hydrogens is 500 g/mol. The molecule has 0 aliphatic heterocycles. The predicted octanol–water partition coefficient (Wildman–Crippen LogP) is 5.73. The van der Waals surface area contributed by atoms with Crippen molar-refractivity contribution in [2.45, 2.75) is 19.9 Å². The minimum absolute atomic E-state index is 0.0721. The number of aromatic nitrogens is 3. The van der Waals surface area contributed by atoms with E-state index < -0.39 is 17.2 Å². The molecule has 1 N–H and O–H groups in total. The largest absolute Gasteiger partial charge is 0.494 e. The lowest BCUT2D eigenvalue weighted by atomic mass is 10.00. The van der Waals surface area contributed by atoms with E-state index in [0.29, 0.717) is 17.7 Å². The predicted molar refractivity (Wildman–Crippen MR) is 154 cm³/mol. The molecule has 5 aromatic rings. The van der Waals surface area contributed by atoms with Gasteiger partial charge in [0, 0.05) is 23.9 Å². The Morgan fingerprint density at radius 3 is 2.25 bits per heavy atom. The topological polar surface area (TPSA) is 101 Å². The van der Waals surface area contributed by atoms with Crippen molar-refractivity contribution in [1.82, 2.24) is 14.3 Å². The van der Waals surface area contributed by atoms with Crippen LogP contribution in [0.25, 0.3) is 23.0 Å². The van der Waals surface area contributed by atoms with Gasteiger partial charge in [-0.1, -0.05) is 78.9 Å². The molecule has 0 bridgehead atoms. The molecule has 0 saturated heterocycles. The van der Waals surface area contributed by atoms with E-state index in [4.69, 9.17) is 5.10 Å². The minimum Gasteiger partial charge on any atom is -0.494 e. The third-order valence-electron chi connectivity index (χ3n) is 6.74. The van der Waals surface area contributed by atoms with E-state index in [9.17, 15) is 20.0 Å². The van der Waals surface area contributed by atoms with Gasteiger partial charge in [-0.25, -0.2) is 4.68 Å². The molecule has 3 aromatic carbocycles. The van der Waals surface area contributed by atoms with Gasteiger partial charge in [0.15, 0.2) is 5.78 Å². The van der Waals surface area contributed by atoms with Gasteiger partial charge in [-0.15, -0.1) is 0 Å². The number of aromatic hydroxyl groups is 1. The van der Waals surface area contributed by atoms with Crippen LogP contribution in [0.4, 0.5) is 0 Å². The maximum absolute atomic E-state index is 13.5. The molecule has 0 amide bonds. The van der Waals surface area contributed by atoms with Crippen LogP contribution < -0.4 is 5.56 Å². The van der Waals surface area contributed by atoms with Crippen molar-refractivity contribution in [3.8, 4) is 28.9 Å². The number of allylic oxidation sites excluding steroid dienone is 1. The first-order valence-corrected chi connectivity index (χ1v) is 12.8. The van der Waals surface area contributed by atoms with Crippen molar-refractivity contribution in [2.24, 2.45) is 0 Å². The molecule has 196 valence electrons. The van der Waals surface area contributed by atoms with Crippen molar-refractivity contribution in [3.05, 3.63) is 141 Å². The van der Waals surface area contributed by atoms with Crippen LogP contribution in [0.3, 0.4) is 0 Å². The summed E-state index contributed by atoms with van der Waals surface area (Å²) in [4.78, 5) is 26.5. The first-order valence-electron chi connectivity index (χ1n) is 12.8. The molecule has 40 heavy (non-hydrogen) atoms. The fourth-order valence-electron chi connectivity index (χ4n) is 4.63. The summed E-state index contributed by atoms with van der Waals surface area (Å²) in [6, 6.07) is 30.7. The van der Waals surface area contributed by atoms with Crippen LogP contribution in [0, 0.1) is 18.3 Å². The van der Waals surface area contributed by atoms with Gasteiger partial charge >= 0.3 is 0 Å². The summed E-state index contributed by atoms with van der Waals surface area (Å²) >= 11 is 0. The lowest BCUT2D eigenvalue weighted by Gasteiger charge is -2.14. The molecule has 0 aliphatic carbocycles. The zero-order chi connectivity index (χ0) is 28.1. The van der Waals surface area contributed by atoms with Crippen LogP contribution in [0.15, 0.2) is 108 Å². The fourth-order valence-corrected chi connectivity index (χ4v) is 4.63. The molecular formula is C33H26N4O3. The molecule has 7 heteroatoms. The van der Waals surface area contributed by atoms with Crippen LogP contribution in [0.5, 0.6) is 5.88 Å². The maximum Gasteiger partial charge on any atom is 0.271 e. The quantitative estimate of drug-likeness (QED) is 0.206. The Kier molecular flexibility index (Phi) is 7.52. The van der Waals surface area contributed by atoms with Crippen LogP contribution >= 0.6 is 0 Å². The number of hydrogen-bond donors (Lipinski definition) is 1. The second kappa shape index (κ2) is 11.5. The van der Waals surface area contributed by atoms with Gasteiger partial charge in [0.25, 0.3) is 5.56 Å². The molecule has 0 aliphatic rings. The number of para-hydroxylation sites is 1. The summed E-state index contributed by atoms with van der Waals surface area (Å²) in [5.41, 5.74) is 3.38. The third-order valence-corrected chi connectivity index (χ3v) is 6.74. The van der Waals surface area contributed by atoms with E-state index in [1.54, 1.807) is 10.8 Å². The van der Waals surface area contributed by atoms with Gasteiger partial charge in [-0.05, 0) is 48.8 Å². The number of benzene rings is 3. The summed E-state index contributed by atoms with van der Waals surface area (Å²) in [6.07, 6.45) is 5.26. The molecule has 7 nitrogen and oxygen atoms in total. The van der Waals surface area contributed by atoms with Gasteiger partial charge in [-0.2, -0.15) is 10.4 Å². The molecule has 5 rings (SSSR count). The number of rotatable bonds is 8. The van der Waals surface area contributed by atoms with E-state index in [0.717, 1.165) is 21.4 Å². The number of carbonyl (C=O) groups excluding carboxylic acids is 1. The first-order chi connectivity index (χ1) is 19.5. The number of nitriles is 1. The fraction of sp³-hybridized carbons (Fsp3) is 0.0909. The highest BCUT2D eigenvalue weighted by Gasteiger charge is 2.23. The van der Waals surface area contributed by atoms with Crippen LogP contribution in [0.1, 0.15) is 32.6 Å². The molecule has 0 unspecified atom stereocenters. The number of aryl methyl sites for hydroxylation is 1. The highest BCUT2D eigenvalue weighted by atomic mass is 16.3. The van der Waals surface area contributed by atoms with Gasteiger partial charge in [0.05, 0.1) is 16.9 Å². The summed E-state index contributed by atoms with van der Waals surface area (Å²) in [6.45, 7) is 1.63. The standard InChI is InChI=1S/C33H26N4O3/c1-23-28(21-34)32(39)36(20-19-24-11-5-2-6-12-24)33(40)30(23)29(38)18-17-26-22-37(27-15-9-4-10-16-27)35-31(26)25-13-7-3-8-14-25/h2-18,22,40H,19-20H2,1H3/b18-17+. The van der Waals surface area contributed by atoms with Gasteiger partial charge in [0.2, 0.25) is 5.88 Å². The number of ketones is 1. The van der Waals surface area contributed by atoms with Crippen molar-refractivity contribution in [2.75, 3.05) is 0 Å². The highest BCUT2D eigenvalue weighted by molar-refractivity contribution is 6.09. The van der Waals surface area contributed by atoms with E-state index in [-0.39, 0.29) is 23.2 Å². The normalized spacial score (nSPS) is 11.0. The Labute approximate surface area is 231 Å². The van der Waals surface area contributed by atoms with E-state index >= 15 is 0 Å². The Morgan fingerprint density at radius 1 is 0.975 bits per heavy atom. The lowest BCUT2D eigenvalue weighted by Crippen LogP contribution is -2.27. The van der Waals surface area contributed by atoms with Crippen molar-refractivity contribution in [1.29, 1.82) is 5.26 Å². The Hall–Kier alpha value is -5.48. The molecule has 0 radical (unpaired) electrons. The summed E-state index contributed by atoms with van der Waals surface area (Å²) in [7, 11) is 0. The number of nitrogens with zero attached hydrogens (tertiary/aromatic N) is 4. The summed E-state index contributed by atoms with van der Waals surface area (Å²) in [5, 5.41) is 25.5. The number of carbonyl (C=O) groups is 1. The highest BCUT2D eigenvalue weighted by Crippen LogP contribution is 2.27. The van der Waals surface area contributed by atoms with Crippen molar-refractivity contribution in [3.63, 3.8) is 0 Å². The Bertz CT molecular complexity index is 1800. The number of pyridine rings is 1. The maximum atomic E-state index is 13.5. The van der Waals surface area contributed by atoms with Gasteiger partial charge in [0.1, 0.15) is 11.6 Å². The SMILES string of the molecule is Cc1c(C(=O)/C=C/c2cn(-c3ccccc3)nc2-c2ccccc2)c(O)n(CCc2ccccc2)c(=O)c1C#N. The average molecular weight is 527 g/mol. The number of hydrogen-bond acceptors (Lipinski definition) is 5. The third kappa shape index (κ3) is 5.24. The second-order valence-corrected chi connectivity index (χ2v) is 9.28. The second-order valence-electron chi connectivity index (χ2n) is 9.28. The molecule has 2 heterocycles. The van der Waals surface area contributed by atoms with Gasteiger partial charge < -0.3 is 5.11 Å². The summed E-state index contributed by atoms with van der Waals surface area (Å²) < 4.78 is 2.84. The van der Waals surface area contributed by atoms with Crippen molar-refractivity contribution < 1.29 is 9.90 Å².